The summed E-state index contributed by atoms with van der Waals surface area (Å²) in [6.45, 7) is 26.8. The normalized spacial score (nSPS) is 23.5. The standard InChI is InChI=1S/C41H70O8Si2/c1-30-24-25-46-34(27-30)22-23-38(49-51(11,12)41(6,7)8)37(43)20-14-19-36(48-50(9,10)40(3,4)5)29-32(42)26-31(2)28-35-18-13-16-33(47-35)17-15-21-39(44)45/h13-16,19,21-24,31,33-38,43H,17-18,20,25-29H2,1-12H3,(H,44,45)/b19-14+,21-15-,23-22+/t31-,33-,34+,35-,36+,37+,38-/m0/s1. The third-order valence-electron chi connectivity index (χ3n) is 10.8. The summed E-state index contributed by atoms with van der Waals surface area (Å²) >= 11 is 0. The molecule has 0 radical (unpaired) electrons. The third kappa shape index (κ3) is 16.3. The van der Waals surface area contributed by atoms with Crippen LogP contribution in [0.2, 0.25) is 36.3 Å². The van der Waals surface area contributed by atoms with E-state index in [0.717, 1.165) is 25.3 Å². The van der Waals surface area contributed by atoms with E-state index in [0.29, 0.717) is 25.9 Å². The minimum Gasteiger partial charge on any atom is -0.478 e. The Hall–Kier alpha value is -1.93. The summed E-state index contributed by atoms with van der Waals surface area (Å²) in [6.07, 6.45) is 18.9. The molecule has 0 saturated heterocycles. The number of hydrogen-bond acceptors (Lipinski definition) is 7. The van der Waals surface area contributed by atoms with Crippen LogP contribution in [-0.2, 0) is 27.9 Å². The number of ether oxygens (including phenoxy) is 2. The Morgan fingerprint density at radius 2 is 1.65 bits per heavy atom. The topological polar surface area (TPSA) is 112 Å². The maximum atomic E-state index is 13.5. The van der Waals surface area contributed by atoms with Gasteiger partial charge in [0.1, 0.15) is 5.78 Å². The molecule has 290 valence electrons. The van der Waals surface area contributed by atoms with Crippen LogP contribution >= 0.6 is 0 Å². The summed E-state index contributed by atoms with van der Waals surface area (Å²) in [5.74, 6) is -0.704. The number of carboxylic acid groups (broad SMARTS) is 1. The minimum absolute atomic E-state index is 0.0117. The maximum Gasteiger partial charge on any atom is 0.327 e. The Morgan fingerprint density at radius 1 is 1.00 bits per heavy atom. The lowest BCUT2D eigenvalue weighted by molar-refractivity contribution is -0.131. The number of rotatable bonds is 19. The molecular weight excluding hydrogens is 677 g/mol. The highest BCUT2D eigenvalue weighted by Crippen LogP contribution is 2.39. The van der Waals surface area contributed by atoms with Crippen LogP contribution in [0.15, 0.2) is 60.3 Å². The number of hydrogen-bond donors (Lipinski definition) is 2. The van der Waals surface area contributed by atoms with E-state index < -0.39 is 40.9 Å². The van der Waals surface area contributed by atoms with Gasteiger partial charge in [-0.2, -0.15) is 0 Å². The lowest BCUT2D eigenvalue weighted by Gasteiger charge is -2.40. The first-order valence-electron chi connectivity index (χ1n) is 18.9. The van der Waals surface area contributed by atoms with E-state index in [4.69, 9.17) is 23.4 Å². The maximum absolute atomic E-state index is 13.5. The molecule has 0 amide bonds. The Balaban J connectivity index is 2.14. The molecule has 2 rings (SSSR count). The quantitative estimate of drug-likeness (QED) is 0.0764. The van der Waals surface area contributed by atoms with Gasteiger partial charge in [-0.25, -0.2) is 4.79 Å². The molecule has 2 aliphatic heterocycles. The second-order valence-corrected chi connectivity index (χ2v) is 27.2. The van der Waals surface area contributed by atoms with Crippen molar-refractivity contribution in [2.45, 2.75) is 173 Å². The van der Waals surface area contributed by atoms with Crippen molar-refractivity contribution in [2.24, 2.45) is 5.92 Å². The van der Waals surface area contributed by atoms with Crippen LogP contribution in [0.4, 0.5) is 0 Å². The van der Waals surface area contributed by atoms with Crippen molar-refractivity contribution in [1.29, 1.82) is 0 Å². The van der Waals surface area contributed by atoms with Crippen molar-refractivity contribution in [3.8, 4) is 0 Å². The molecule has 10 heteroatoms. The average Bonchev–Trinajstić information content (AvgIpc) is 2.97. The summed E-state index contributed by atoms with van der Waals surface area (Å²) in [6, 6.07) is 0. The van der Waals surface area contributed by atoms with Gasteiger partial charge in [0.05, 0.1) is 43.2 Å². The lowest BCUT2D eigenvalue weighted by Crippen LogP contribution is -2.46. The van der Waals surface area contributed by atoms with E-state index in [2.05, 4.69) is 93.7 Å². The van der Waals surface area contributed by atoms with E-state index in [9.17, 15) is 14.7 Å². The number of aliphatic hydroxyl groups is 1. The Labute approximate surface area is 311 Å². The number of aliphatic hydroxyl groups excluding tert-OH is 1. The summed E-state index contributed by atoms with van der Waals surface area (Å²) < 4.78 is 25.6. The molecule has 0 aromatic rings. The molecule has 0 fully saturated rings. The molecule has 0 saturated carbocycles. The molecule has 0 spiro atoms. The molecule has 8 nitrogen and oxygen atoms in total. The molecular formula is C41H70O8Si2. The zero-order valence-corrected chi connectivity index (χ0v) is 35.7. The number of ketones is 1. The van der Waals surface area contributed by atoms with Crippen LogP contribution in [0.3, 0.4) is 0 Å². The average molecular weight is 747 g/mol. The number of carboxylic acids is 1. The van der Waals surface area contributed by atoms with Crippen molar-refractivity contribution in [1.82, 2.24) is 0 Å². The largest absolute Gasteiger partial charge is 0.478 e. The Bertz CT molecular complexity index is 1270. The number of carbonyl (C=O) groups is 2. The fourth-order valence-corrected chi connectivity index (χ4v) is 8.19. The van der Waals surface area contributed by atoms with Gasteiger partial charge in [0, 0.05) is 18.9 Å². The zero-order chi connectivity index (χ0) is 38.6. The fourth-order valence-electron chi connectivity index (χ4n) is 5.65. The molecule has 0 bridgehead atoms. The van der Waals surface area contributed by atoms with Crippen molar-refractivity contribution >= 4 is 28.4 Å². The first kappa shape index (κ1) is 45.2. The van der Waals surface area contributed by atoms with E-state index in [1.165, 1.54) is 5.57 Å². The predicted octanol–water partition coefficient (Wildman–Crippen LogP) is 9.49. The van der Waals surface area contributed by atoms with Crippen molar-refractivity contribution < 1.29 is 38.1 Å². The van der Waals surface area contributed by atoms with Gasteiger partial charge in [-0.05, 0) is 81.2 Å². The number of aliphatic carboxylic acids is 1. The van der Waals surface area contributed by atoms with Gasteiger partial charge in [-0.15, -0.1) is 0 Å². The highest BCUT2D eigenvalue weighted by atomic mass is 28.4. The monoisotopic (exact) mass is 746 g/mol. The fraction of sp³-hybridized carbons (Fsp3) is 0.707. The number of carbonyl (C=O) groups excluding carboxylic acids is 1. The van der Waals surface area contributed by atoms with Crippen LogP contribution in [0, 0.1) is 5.92 Å². The SMILES string of the molecule is CC1=CCO[C@H](/C=C/[C@H](O[Si](C)(C)C(C)(C)C)[C@H](O)C/C=C/[C@H](CC(=O)C[C@H](C)C[C@@H]2CC=C[C@@H](C/C=C\C(=O)O)O2)O[Si](C)(C)C(C)(C)C)C1. The van der Waals surface area contributed by atoms with Crippen LogP contribution in [0.25, 0.3) is 0 Å². The van der Waals surface area contributed by atoms with Gasteiger partial charge in [0.15, 0.2) is 16.6 Å². The first-order chi connectivity index (χ1) is 23.5. The molecule has 2 aliphatic rings. The second-order valence-electron chi connectivity index (χ2n) is 17.7. The van der Waals surface area contributed by atoms with Gasteiger partial charge < -0.3 is 28.5 Å². The molecule has 51 heavy (non-hydrogen) atoms. The highest BCUT2D eigenvalue weighted by Gasteiger charge is 2.41. The molecule has 2 heterocycles. The number of Topliss-reactive ketones (excluding diaryl/α,β-unsaturated/α-hetero) is 1. The van der Waals surface area contributed by atoms with Crippen LogP contribution in [0.1, 0.15) is 100 Å². The zero-order valence-electron chi connectivity index (χ0n) is 33.7. The van der Waals surface area contributed by atoms with Gasteiger partial charge in [-0.1, -0.05) is 103 Å². The van der Waals surface area contributed by atoms with E-state index >= 15 is 0 Å². The molecule has 0 aromatic heterocycles. The van der Waals surface area contributed by atoms with Crippen LogP contribution in [-0.4, -0.2) is 81.8 Å². The first-order valence-corrected chi connectivity index (χ1v) is 24.7. The van der Waals surface area contributed by atoms with E-state index in [1.807, 2.05) is 30.4 Å². The summed E-state index contributed by atoms with van der Waals surface area (Å²) in [4.78, 5) is 24.3. The molecule has 0 aromatic carbocycles. The summed E-state index contributed by atoms with van der Waals surface area (Å²) in [5.41, 5.74) is 1.30. The van der Waals surface area contributed by atoms with Gasteiger partial charge in [0.2, 0.25) is 0 Å². The smallest absolute Gasteiger partial charge is 0.327 e. The molecule has 0 aliphatic carbocycles. The Kier molecular flexibility index (Phi) is 17.7. The highest BCUT2D eigenvalue weighted by molar-refractivity contribution is 6.74. The summed E-state index contributed by atoms with van der Waals surface area (Å²) in [7, 11) is -4.41. The van der Waals surface area contributed by atoms with Crippen molar-refractivity contribution in [2.75, 3.05) is 6.61 Å². The van der Waals surface area contributed by atoms with Crippen LogP contribution in [0.5, 0.6) is 0 Å². The minimum atomic E-state index is -2.21. The third-order valence-corrected chi connectivity index (χ3v) is 19.8. The molecule has 2 N–H and O–H groups in total. The summed E-state index contributed by atoms with van der Waals surface area (Å²) in [5, 5.41) is 20.4. The van der Waals surface area contributed by atoms with Crippen molar-refractivity contribution in [3.63, 3.8) is 0 Å². The van der Waals surface area contributed by atoms with E-state index in [1.54, 1.807) is 6.08 Å². The second kappa shape index (κ2) is 20.0. The van der Waals surface area contributed by atoms with E-state index in [-0.39, 0.29) is 46.5 Å². The van der Waals surface area contributed by atoms with Gasteiger partial charge >= 0.3 is 5.97 Å². The Morgan fingerprint density at radius 3 is 2.25 bits per heavy atom. The van der Waals surface area contributed by atoms with Gasteiger partial charge in [-0.3, -0.25) is 4.79 Å². The predicted molar refractivity (Wildman–Crippen MR) is 213 cm³/mol. The van der Waals surface area contributed by atoms with Crippen molar-refractivity contribution in [3.05, 3.63) is 60.3 Å². The van der Waals surface area contributed by atoms with Gasteiger partial charge in [0.25, 0.3) is 0 Å². The van der Waals surface area contributed by atoms with Crippen LogP contribution < -0.4 is 0 Å². The lowest BCUT2D eigenvalue weighted by atomic mass is 9.93. The molecule has 7 atom stereocenters. The molecule has 0 unspecified atom stereocenters.